The number of nitrogens with zero attached hydrogens (tertiary/aromatic N) is 1. The van der Waals surface area contributed by atoms with Crippen molar-refractivity contribution in [2.24, 2.45) is 0 Å². The van der Waals surface area contributed by atoms with Crippen LogP contribution in [0.15, 0.2) is 45.8 Å². The summed E-state index contributed by atoms with van der Waals surface area (Å²) in [6, 6.07) is 10.9. The van der Waals surface area contributed by atoms with Gasteiger partial charge in [0.25, 0.3) is 0 Å². The van der Waals surface area contributed by atoms with Crippen LogP contribution in [0.3, 0.4) is 0 Å². The number of halogens is 2. The maximum atomic E-state index is 11.6. The summed E-state index contributed by atoms with van der Waals surface area (Å²) in [5.74, 6) is 0.709. The smallest absolute Gasteiger partial charge is 0.175 e. The summed E-state index contributed by atoms with van der Waals surface area (Å²) in [5, 5.41) is 0. The Morgan fingerprint density at radius 1 is 1.19 bits per heavy atom. The van der Waals surface area contributed by atoms with E-state index in [4.69, 9.17) is 0 Å². The number of rotatable bonds is 2. The van der Waals surface area contributed by atoms with E-state index >= 15 is 0 Å². The van der Waals surface area contributed by atoms with Crippen molar-refractivity contribution in [1.82, 2.24) is 9.97 Å². The highest BCUT2D eigenvalue weighted by molar-refractivity contribution is 14.1. The summed E-state index contributed by atoms with van der Waals surface area (Å²) in [6.45, 7) is 0. The third kappa shape index (κ3) is 3.00. The van der Waals surface area contributed by atoms with Crippen LogP contribution in [-0.2, 0) is 9.84 Å². The third-order valence-corrected chi connectivity index (χ3v) is 5.54. The molecule has 0 fully saturated rings. The maximum absolute atomic E-state index is 11.6. The predicted octanol–water partition coefficient (Wildman–Crippen LogP) is 4.00. The van der Waals surface area contributed by atoms with Crippen LogP contribution < -0.4 is 0 Å². The SMILES string of the molecule is CS(=O)(=O)c1ccc2nc(-c3cc(I)ccc3Br)[nH]c2c1. The lowest BCUT2D eigenvalue weighted by molar-refractivity contribution is 0.602. The molecular weight excluding hydrogens is 467 g/mol. The van der Waals surface area contributed by atoms with Crippen LogP contribution in [0.2, 0.25) is 0 Å². The molecule has 0 aliphatic carbocycles. The Kier molecular flexibility index (Phi) is 3.83. The normalized spacial score (nSPS) is 12.0. The molecule has 0 radical (unpaired) electrons. The molecule has 0 unspecified atom stereocenters. The van der Waals surface area contributed by atoms with Gasteiger partial charge in [0, 0.05) is 19.9 Å². The maximum Gasteiger partial charge on any atom is 0.175 e. The molecule has 21 heavy (non-hydrogen) atoms. The van der Waals surface area contributed by atoms with Crippen LogP contribution in [0.5, 0.6) is 0 Å². The van der Waals surface area contributed by atoms with Gasteiger partial charge in [0.05, 0.1) is 15.9 Å². The second kappa shape index (κ2) is 5.36. The zero-order valence-electron chi connectivity index (χ0n) is 10.9. The number of hydrogen-bond acceptors (Lipinski definition) is 3. The van der Waals surface area contributed by atoms with Gasteiger partial charge in [-0.1, -0.05) is 15.9 Å². The lowest BCUT2D eigenvalue weighted by Crippen LogP contribution is -1.96. The molecule has 0 atom stereocenters. The molecule has 0 aliphatic heterocycles. The molecule has 1 N–H and O–H groups in total. The summed E-state index contributed by atoms with van der Waals surface area (Å²) in [6.07, 6.45) is 1.20. The summed E-state index contributed by atoms with van der Waals surface area (Å²) in [7, 11) is -3.22. The van der Waals surface area contributed by atoms with Crippen LogP contribution >= 0.6 is 38.5 Å². The zero-order chi connectivity index (χ0) is 15.2. The second-order valence-electron chi connectivity index (χ2n) is 4.66. The van der Waals surface area contributed by atoms with E-state index in [0.29, 0.717) is 11.3 Å². The average molecular weight is 477 g/mol. The molecule has 0 bridgehead atoms. The van der Waals surface area contributed by atoms with E-state index in [-0.39, 0.29) is 4.90 Å². The summed E-state index contributed by atoms with van der Waals surface area (Å²) in [5.41, 5.74) is 2.39. The molecule has 108 valence electrons. The molecule has 1 heterocycles. The lowest BCUT2D eigenvalue weighted by Gasteiger charge is -2.01. The van der Waals surface area contributed by atoms with Gasteiger partial charge in [-0.15, -0.1) is 0 Å². The van der Waals surface area contributed by atoms with Crippen molar-refractivity contribution < 1.29 is 8.42 Å². The topological polar surface area (TPSA) is 62.8 Å². The first-order valence-corrected chi connectivity index (χ1v) is 9.76. The molecule has 7 heteroatoms. The predicted molar refractivity (Wildman–Crippen MR) is 95.1 cm³/mol. The number of nitrogens with one attached hydrogen (secondary N) is 1. The van der Waals surface area contributed by atoms with E-state index in [2.05, 4.69) is 48.5 Å². The molecule has 0 aliphatic rings. The Morgan fingerprint density at radius 2 is 1.95 bits per heavy atom. The van der Waals surface area contributed by atoms with E-state index in [1.807, 2.05) is 18.2 Å². The summed E-state index contributed by atoms with van der Waals surface area (Å²) < 4.78 is 25.3. The quantitative estimate of drug-likeness (QED) is 0.568. The highest BCUT2D eigenvalue weighted by atomic mass is 127. The lowest BCUT2D eigenvalue weighted by atomic mass is 10.2. The molecule has 0 amide bonds. The van der Waals surface area contributed by atoms with Crippen LogP contribution in [0, 0.1) is 3.57 Å². The number of aromatic nitrogens is 2. The monoisotopic (exact) mass is 476 g/mol. The molecule has 2 aromatic carbocycles. The standard InChI is InChI=1S/C14H10BrIN2O2S/c1-21(19,20)9-3-5-12-13(7-9)18-14(17-12)10-6-8(16)2-4-11(10)15/h2-7H,1H3,(H,17,18). The Balaban J connectivity index is 2.20. The van der Waals surface area contributed by atoms with Crippen molar-refractivity contribution in [3.8, 4) is 11.4 Å². The Hall–Kier alpha value is -0.930. The Labute approximate surface area is 144 Å². The van der Waals surface area contributed by atoms with E-state index in [1.165, 1.54) is 6.26 Å². The van der Waals surface area contributed by atoms with Crippen LogP contribution in [0.4, 0.5) is 0 Å². The number of H-pyrrole nitrogens is 1. The highest BCUT2D eigenvalue weighted by Gasteiger charge is 2.12. The number of sulfone groups is 1. The van der Waals surface area contributed by atoms with Crippen molar-refractivity contribution in [2.75, 3.05) is 6.26 Å². The van der Waals surface area contributed by atoms with Crippen LogP contribution in [0.25, 0.3) is 22.4 Å². The molecule has 1 aromatic heterocycles. The molecule has 0 saturated heterocycles. The van der Waals surface area contributed by atoms with Crippen molar-refractivity contribution in [2.45, 2.75) is 4.90 Å². The van der Waals surface area contributed by atoms with Crippen molar-refractivity contribution >= 4 is 59.4 Å². The second-order valence-corrected chi connectivity index (χ2v) is 8.78. The van der Waals surface area contributed by atoms with Gasteiger partial charge in [-0.05, 0) is 59.0 Å². The van der Waals surface area contributed by atoms with Gasteiger partial charge in [0.2, 0.25) is 0 Å². The molecular formula is C14H10BrIN2O2S. The van der Waals surface area contributed by atoms with E-state index in [9.17, 15) is 8.42 Å². The zero-order valence-corrected chi connectivity index (χ0v) is 15.5. The minimum Gasteiger partial charge on any atom is -0.338 e. The Bertz CT molecular complexity index is 951. The molecule has 3 rings (SSSR count). The van der Waals surface area contributed by atoms with Gasteiger partial charge < -0.3 is 4.98 Å². The minimum atomic E-state index is -3.22. The summed E-state index contributed by atoms with van der Waals surface area (Å²) >= 11 is 5.75. The number of fused-ring (bicyclic) bond motifs is 1. The van der Waals surface area contributed by atoms with Gasteiger partial charge >= 0.3 is 0 Å². The van der Waals surface area contributed by atoms with Crippen LogP contribution in [-0.4, -0.2) is 24.6 Å². The largest absolute Gasteiger partial charge is 0.338 e. The third-order valence-electron chi connectivity index (χ3n) is 3.07. The Morgan fingerprint density at radius 3 is 2.67 bits per heavy atom. The first-order valence-electron chi connectivity index (χ1n) is 6.00. The average Bonchev–Trinajstić information content (AvgIpc) is 2.83. The fourth-order valence-electron chi connectivity index (χ4n) is 2.03. The molecule has 4 nitrogen and oxygen atoms in total. The van der Waals surface area contributed by atoms with Crippen molar-refractivity contribution in [3.63, 3.8) is 0 Å². The summed E-state index contributed by atoms with van der Waals surface area (Å²) in [4.78, 5) is 7.99. The molecule has 3 aromatic rings. The molecule has 0 saturated carbocycles. The fourth-order valence-corrected chi connectivity index (χ4v) is 3.60. The van der Waals surface area contributed by atoms with Gasteiger partial charge in [0.15, 0.2) is 9.84 Å². The number of imidazole rings is 1. The van der Waals surface area contributed by atoms with E-state index in [1.54, 1.807) is 18.2 Å². The minimum absolute atomic E-state index is 0.284. The van der Waals surface area contributed by atoms with E-state index in [0.717, 1.165) is 19.1 Å². The first-order chi connectivity index (χ1) is 9.84. The van der Waals surface area contributed by atoms with Gasteiger partial charge in [-0.2, -0.15) is 0 Å². The highest BCUT2D eigenvalue weighted by Crippen LogP contribution is 2.30. The van der Waals surface area contributed by atoms with Gasteiger partial charge in [-0.3, -0.25) is 0 Å². The van der Waals surface area contributed by atoms with Crippen molar-refractivity contribution in [3.05, 3.63) is 44.4 Å². The first kappa shape index (κ1) is 15.0. The number of benzene rings is 2. The fraction of sp³-hybridized carbons (Fsp3) is 0.0714. The number of aromatic amines is 1. The van der Waals surface area contributed by atoms with E-state index < -0.39 is 9.84 Å². The van der Waals surface area contributed by atoms with Gasteiger partial charge in [-0.25, -0.2) is 13.4 Å². The van der Waals surface area contributed by atoms with Crippen LogP contribution in [0.1, 0.15) is 0 Å². The van der Waals surface area contributed by atoms with Crippen molar-refractivity contribution in [1.29, 1.82) is 0 Å². The van der Waals surface area contributed by atoms with Gasteiger partial charge in [0.1, 0.15) is 5.82 Å². The number of hydrogen-bond donors (Lipinski definition) is 1. The molecule has 0 spiro atoms.